The van der Waals surface area contributed by atoms with Crippen LogP contribution in [0.5, 0.6) is 11.5 Å². The highest BCUT2D eigenvalue weighted by Crippen LogP contribution is 2.25. The van der Waals surface area contributed by atoms with Crippen LogP contribution in [0.15, 0.2) is 48.5 Å². The van der Waals surface area contributed by atoms with Gasteiger partial charge in [-0.05, 0) is 55.9 Å². The van der Waals surface area contributed by atoms with Crippen LogP contribution in [-0.4, -0.2) is 24.2 Å². The molecule has 0 aromatic heterocycles. The Morgan fingerprint density at radius 3 is 2.54 bits per heavy atom. The molecule has 0 saturated carbocycles. The predicted molar refractivity (Wildman–Crippen MR) is 98.6 cm³/mol. The molecule has 5 nitrogen and oxygen atoms in total. The average Bonchev–Trinajstić information content (AvgIpc) is 2.55. The van der Waals surface area contributed by atoms with Gasteiger partial charge >= 0.3 is 0 Å². The van der Waals surface area contributed by atoms with Gasteiger partial charge in [-0.25, -0.2) is 0 Å². The third-order valence-electron chi connectivity index (χ3n) is 3.27. The van der Waals surface area contributed by atoms with Crippen LogP contribution >= 0.6 is 12.2 Å². The van der Waals surface area contributed by atoms with Crippen LogP contribution in [0.3, 0.4) is 0 Å². The number of thiocarbonyl (C=S) groups is 1. The van der Waals surface area contributed by atoms with Crippen LogP contribution in [-0.2, 0) is 4.79 Å². The number of aryl methyl sites for hydroxylation is 1. The highest BCUT2D eigenvalue weighted by atomic mass is 32.1. The van der Waals surface area contributed by atoms with Gasteiger partial charge in [0.2, 0.25) is 0 Å². The topological polar surface area (TPSA) is 59.6 Å². The van der Waals surface area contributed by atoms with E-state index in [4.69, 9.17) is 21.7 Å². The van der Waals surface area contributed by atoms with Gasteiger partial charge in [-0.1, -0.05) is 24.3 Å². The Morgan fingerprint density at radius 1 is 1.17 bits per heavy atom. The molecule has 0 aliphatic rings. The number of rotatable bonds is 5. The quantitative estimate of drug-likeness (QED) is 0.815. The molecular formula is C18H20N2O3S. The smallest absolute Gasteiger partial charge is 0.266 e. The summed E-state index contributed by atoms with van der Waals surface area (Å²) in [5, 5.41) is 5.78. The molecule has 0 saturated heterocycles. The predicted octanol–water partition coefficient (Wildman–Crippen LogP) is 3.28. The van der Waals surface area contributed by atoms with Crippen LogP contribution < -0.4 is 20.1 Å². The van der Waals surface area contributed by atoms with Gasteiger partial charge in [-0.3, -0.25) is 10.1 Å². The molecule has 24 heavy (non-hydrogen) atoms. The summed E-state index contributed by atoms with van der Waals surface area (Å²) in [5.74, 6) is 0.938. The van der Waals surface area contributed by atoms with Crippen LogP contribution in [0, 0.1) is 6.92 Å². The van der Waals surface area contributed by atoms with Crippen molar-refractivity contribution in [1.29, 1.82) is 0 Å². The summed E-state index contributed by atoms with van der Waals surface area (Å²) >= 11 is 5.19. The molecule has 0 bridgehead atoms. The second-order valence-electron chi connectivity index (χ2n) is 5.22. The van der Waals surface area contributed by atoms with E-state index >= 15 is 0 Å². The normalized spacial score (nSPS) is 11.3. The number of nitrogens with one attached hydrogen (secondary N) is 2. The summed E-state index contributed by atoms with van der Waals surface area (Å²) in [4.78, 5) is 12.2. The first kappa shape index (κ1) is 17.7. The zero-order valence-electron chi connectivity index (χ0n) is 13.8. The molecule has 0 aliphatic heterocycles. The summed E-state index contributed by atoms with van der Waals surface area (Å²) in [6.45, 7) is 3.63. The Bertz CT molecular complexity index is 719. The van der Waals surface area contributed by atoms with Gasteiger partial charge in [0.05, 0.1) is 12.8 Å². The molecule has 1 amide bonds. The molecular weight excluding hydrogens is 324 g/mol. The number of hydrogen-bond acceptors (Lipinski definition) is 4. The maximum absolute atomic E-state index is 12.2. The third-order valence-corrected chi connectivity index (χ3v) is 3.47. The minimum atomic E-state index is -0.674. The van der Waals surface area contributed by atoms with Crippen LogP contribution in [0.4, 0.5) is 5.69 Å². The van der Waals surface area contributed by atoms with E-state index in [1.54, 1.807) is 26.2 Å². The van der Waals surface area contributed by atoms with E-state index in [1.807, 2.05) is 43.3 Å². The monoisotopic (exact) mass is 344 g/mol. The maximum Gasteiger partial charge on any atom is 0.266 e. The van der Waals surface area contributed by atoms with Crippen LogP contribution in [0.2, 0.25) is 0 Å². The number of ether oxygens (including phenoxy) is 2. The SMILES string of the molecule is COc1ccc(C)cc1NC(=S)NC(=O)[C@@H](C)Oc1ccccc1. The number of anilines is 1. The Morgan fingerprint density at radius 2 is 1.88 bits per heavy atom. The largest absolute Gasteiger partial charge is 0.495 e. The number of carbonyl (C=O) groups excluding carboxylic acids is 1. The van der Waals surface area contributed by atoms with Gasteiger partial charge in [0.15, 0.2) is 11.2 Å². The molecule has 2 rings (SSSR count). The van der Waals surface area contributed by atoms with Crippen molar-refractivity contribution >= 4 is 28.9 Å². The number of methoxy groups -OCH3 is 1. The zero-order valence-corrected chi connectivity index (χ0v) is 14.6. The lowest BCUT2D eigenvalue weighted by Crippen LogP contribution is -2.42. The molecule has 2 aromatic carbocycles. The third kappa shape index (κ3) is 4.96. The fourth-order valence-electron chi connectivity index (χ4n) is 2.04. The summed E-state index contributed by atoms with van der Waals surface area (Å²) in [7, 11) is 1.58. The van der Waals surface area contributed by atoms with E-state index < -0.39 is 6.10 Å². The first-order valence-electron chi connectivity index (χ1n) is 7.48. The van der Waals surface area contributed by atoms with E-state index in [9.17, 15) is 4.79 Å². The van der Waals surface area contributed by atoms with Gasteiger partial charge in [0.1, 0.15) is 11.5 Å². The van der Waals surface area contributed by atoms with Crippen molar-refractivity contribution in [2.45, 2.75) is 20.0 Å². The molecule has 2 N–H and O–H groups in total. The molecule has 1 atom stereocenters. The summed E-state index contributed by atoms with van der Waals surface area (Å²) in [5.41, 5.74) is 1.74. The first-order valence-corrected chi connectivity index (χ1v) is 7.88. The second-order valence-corrected chi connectivity index (χ2v) is 5.63. The van der Waals surface area contributed by atoms with Gasteiger partial charge in [-0.2, -0.15) is 0 Å². The molecule has 0 spiro atoms. The lowest BCUT2D eigenvalue weighted by atomic mass is 10.2. The van der Waals surface area contributed by atoms with E-state index in [0.717, 1.165) is 5.56 Å². The number of para-hydroxylation sites is 1. The lowest BCUT2D eigenvalue weighted by Gasteiger charge is -2.17. The number of benzene rings is 2. The molecule has 0 aliphatic carbocycles. The van der Waals surface area contributed by atoms with Crippen molar-refractivity contribution in [3.8, 4) is 11.5 Å². The minimum Gasteiger partial charge on any atom is -0.495 e. The molecule has 0 fully saturated rings. The maximum atomic E-state index is 12.2. The Balaban J connectivity index is 1.94. The van der Waals surface area contributed by atoms with E-state index in [0.29, 0.717) is 17.2 Å². The van der Waals surface area contributed by atoms with Gasteiger partial charge in [0, 0.05) is 0 Å². The number of hydrogen-bond donors (Lipinski definition) is 2. The zero-order chi connectivity index (χ0) is 17.5. The molecule has 0 heterocycles. The van der Waals surface area contributed by atoms with Gasteiger partial charge < -0.3 is 14.8 Å². The molecule has 126 valence electrons. The van der Waals surface area contributed by atoms with Crippen LogP contribution in [0.25, 0.3) is 0 Å². The summed E-state index contributed by atoms with van der Waals surface area (Å²) in [6, 6.07) is 14.8. The fourth-order valence-corrected chi connectivity index (χ4v) is 2.25. The molecule has 6 heteroatoms. The van der Waals surface area contributed by atoms with Crippen molar-refractivity contribution in [1.82, 2.24) is 5.32 Å². The van der Waals surface area contributed by atoms with Crippen molar-refractivity contribution in [3.05, 3.63) is 54.1 Å². The molecule has 0 radical (unpaired) electrons. The van der Waals surface area contributed by atoms with Crippen molar-refractivity contribution in [3.63, 3.8) is 0 Å². The Hall–Kier alpha value is -2.60. The minimum absolute atomic E-state index is 0.187. The van der Waals surface area contributed by atoms with Crippen molar-refractivity contribution in [2.75, 3.05) is 12.4 Å². The fraction of sp³-hybridized carbons (Fsp3) is 0.222. The first-order chi connectivity index (χ1) is 11.5. The highest BCUT2D eigenvalue weighted by molar-refractivity contribution is 7.80. The number of amides is 1. The lowest BCUT2D eigenvalue weighted by molar-refractivity contribution is -0.125. The number of carbonyl (C=O) groups is 1. The van der Waals surface area contributed by atoms with Gasteiger partial charge in [0.25, 0.3) is 5.91 Å². The average molecular weight is 344 g/mol. The Labute approximate surface area is 147 Å². The summed E-state index contributed by atoms with van der Waals surface area (Å²) < 4.78 is 10.8. The Kier molecular flexibility index (Phi) is 6.14. The van der Waals surface area contributed by atoms with Crippen molar-refractivity contribution in [2.24, 2.45) is 0 Å². The molecule has 0 unspecified atom stereocenters. The standard InChI is InChI=1S/C18H20N2O3S/c1-12-9-10-16(22-3)15(11-12)19-18(24)20-17(21)13(2)23-14-7-5-4-6-8-14/h4-11,13H,1-3H3,(H2,19,20,21,24)/t13-/m1/s1. The van der Waals surface area contributed by atoms with E-state index in [2.05, 4.69) is 10.6 Å². The van der Waals surface area contributed by atoms with Gasteiger partial charge in [-0.15, -0.1) is 0 Å². The van der Waals surface area contributed by atoms with Crippen molar-refractivity contribution < 1.29 is 14.3 Å². The van der Waals surface area contributed by atoms with E-state index in [1.165, 1.54) is 0 Å². The summed E-state index contributed by atoms with van der Waals surface area (Å²) in [6.07, 6.45) is -0.674. The van der Waals surface area contributed by atoms with E-state index in [-0.39, 0.29) is 11.0 Å². The molecule has 2 aromatic rings. The highest BCUT2D eigenvalue weighted by Gasteiger charge is 2.16. The second kappa shape index (κ2) is 8.31. The van der Waals surface area contributed by atoms with Crippen LogP contribution in [0.1, 0.15) is 12.5 Å².